The second-order valence-corrected chi connectivity index (χ2v) is 5.84. The lowest BCUT2D eigenvalue weighted by Gasteiger charge is -2.27. The lowest BCUT2D eigenvalue weighted by atomic mass is 10.1. The number of halogens is 1. The van der Waals surface area contributed by atoms with Gasteiger partial charge in [0.15, 0.2) is 0 Å². The highest BCUT2D eigenvalue weighted by molar-refractivity contribution is 5.85. The van der Waals surface area contributed by atoms with Gasteiger partial charge in [-0.1, -0.05) is 12.8 Å². The second kappa shape index (κ2) is 9.73. The number of hydrogen-bond acceptors (Lipinski definition) is 3. The standard InChI is InChI=1S/C15H28N2O.ClH/c18-15(7-13-16-9-3-1-4-10-16)8-14-17-11-5-2-6-12-17;/h1-14H2;1H. The summed E-state index contributed by atoms with van der Waals surface area (Å²) in [5.41, 5.74) is 0. The Hall–Kier alpha value is -0.120. The van der Waals surface area contributed by atoms with E-state index in [2.05, 4.69) is 9.80 Å². The van der Waals surface area contributed by atoms with Crippen molar-refractivity contribution in [3.8, 4) is 0 Å². The first-order chi connectivity index (χ1) is 8.84. The zero-order valence-corrected chi connectivity index (χ0v) is 12.9. The lowest BCUT2D eigenvalue weighted by molar-refractivity contribution is -0.119. The average Bonchev–Trinajstić information content (AvgIpc) is 2.45. The van der Waals surface area contributed by atoms with Gasteiger partial charge in [-0.3, -0.25) is 4.79 Å². The number of nitrogens with zero attached hydrogens (tertiary/aromatic N) is 2. The van der Waals surface area contributed by atoms with E-state index in [4.69, 9.17) is 0 Å². The molecule has 0 N–H and O–H groups in total. The molecule has 0 bridgehead atoms. The van der Waals surface area contributed by atoms with Gasteiger partial charge in [0.2, 0.25) is 0 Å². The average molecular weight is 289 g/mol. The number of ketones is 1. The van der Waals surface area contributed by atoms with Crippen LogP contribution in [0, 0.1) is 0 Å². The molecule has 0 aromatic rings. The molecule has 0 saturated carbocycles. The first kappa shape index (κ1) is 16.9. The van der Waals surface area contributed by atoms with Crippen LogP contribution in [0.15, 0.2) is 0 Å². The molecule has 2 aliphatic heterocycles. The second-order valence-electron chi connectivity index (χ2n) is 5.84. The van der Waals surface area contributed by atoms with E-state index >= 15 is 0 Å². The van der Waals surface area contributed by atoms with Gasteiger partial charge in [0.25, 0.3) is 0 Å². The third-order valence-electron chi connectivity index (χ3n) is 4.31. The molecule has 2 rings (SSSR count). The zero-order chi connectivity index (χ0) is 12.6. The number of carbonyl (C=O) groups excluding carboxylic acids is 1. The van der Waals surface area contributed by atoms with Gasteiger partial charge < -0.3 is 9.80 Å². The van der Waals surface area contributed by atoms with Crippen LogP contribution in [0.1, 0.15) is 51.4 Å². The predicted molar refractivity (Wildman–Crippen MR) is 82.1 cm³/mol. The molecule has 112 valence electrons. The summed E-state index contributed by atoms with van der Waals surface area (Å²) < 4.78 is 0. The van der Waals surface area contributed by atoms with E-state index in [9.17, 15) is 4.79 Å². The fourth-order valence-corrected chi connectivity index (χ4v) is 3.06. The molecule has 0 unspecified atom stereocenters. The summed E-state index contributed by atoms with van der Waals surface area (Å²) in [6.07, 6.45) is 9.58. The first-order valence-corrected chi connectivity index (χ1v) is 7.81. The fourth-order valence-electron chi connectivity index (χ4n) is 3.06. The van der Waals surface area contributed by atoms with Gasteiger partial charge in [-0.25, -0.2) is 0 Å². The molecule has 2 aliphatic rings. The number of carbonyl (C=O) groups is 1. The van der Waals surface area contributed by atoms with Crippen molar-refractivity contribution in [3.05, 3.63) is 0 Å². The molecule has 0 aromatic carbocycles. The monoisotopic (exact) mass is 288 g/mol. The zero-order valence-electron chi connectivity index (χ0n) is 12.1. The van der Waals surface area contributed by atoms with Crippen LogP contribution in [0.25, 0.3) is 0 Å². The van der Waals surface area contributed by atoms with Crippen LogP contribution >= 0.6 is 12.4 Å². The lowest BCUT2D eigenvalue weighted by Crippen LogP contribution is -2.33. The smallest absolute Gasteiger partial charge is 0.135 e. The van der Waals surface area contributed by atoms with Crippen LogP contribution in [0.2, 0.25) is 0 Å². The molecule has 19 heavy (non-hydrogen) atoms. The summed E-state index contributed by atoms with van der Waals surface area (Å²) in [6, 6.07) is 0. The van der Waals surface area contributed by atoms with Crippen molar-refractivity contribution >= 4 is 18.2 Å². The minimum atomic E-state index is 0. The maximum absolute atomic E-state index is 11.9. The van der Waals surface area contributed by atoms with E-state index in [-0.39, 0.29) is 12.4 Å². The number of hydrogen-bond donors (Lipinski definition) is 0. The molecule has 0 aliphatic carbocycles. The SMILES string of the molecule is Cl.O=C(CCN1CCCCC1)CCN1CCCCC1. The van der Waals surface area contributed by atoms with Gasteiger partial charge in [-0.05, 0) is 51.9 Å². The Morgan fingerprint density at radius 2 is 1.05 bits per heavy atom. The highest BCUT2D eigenvalue weighted by Crippen LogP contribution is 2.11. The van der Waals surface area contributed by atoms with Gasteiger partial charge in [0, 0.05) is 25.9 Å². The topological polar surface area (TPSA) is 23.6 Å². The Bertz CT molecular complexity index is 225. The number of piperidine rings is 2. The van der Waals surface area contributed by atoms with Gasteiger partial charge in [-0.15, -0.1) is 12.4 Å². The van der Waals surface area contributed by atoms with E-state index in [0.717, 1.165) is 25.9 Å². The summed E-state index contributed by atoms with van der Waals surface area (Å²) >= 11 is 0. The number of likely N-dealkylation sites (tertiary alicyclic amines) is 2. The van der Waals surface area contributed by atoms with Crippen molar-refractivity contribution in [2.24, 2.45) is 0 Å². The van der Waals surface area contributed by atoms with Crippen molar-refractivity contribution in [2.45, 2.75) is 51.4 Å². The van der Waals surface area contributed by atoms with Crippen LogP contribution in [0.3, 0.4) is 0 Å². The van der Waals surface area contributed by atoms with Crippen molar-refractivity contribution in [1.82, 2.24) is 9.80 Å². The normalized spacial score (nSPS) is 21.9. The van der Waals surface area contributed by atoms with Crippen molar-refractivity contribution in [3.63, 3.8) is 0 Å². The maximum Gasteiger partial charge on any atom is 0.135 e. The van der Waals surface area contributed by atoms with Crippen molar-refractivity contribution < 1.29 is 4.79 Å². The van der Waals surface area contributed by atoms with E-state index in [0.29, 0.717) is 5.78 Å². The highest BCUT2D eigenvalue weighted by Gasteiger charge is 2.14. The van der Waals surface area contributed by atoms with Crippen molar-refractivity contribution in [1.29, 1.82) is 0 Å². The van der Waals surface area contributed by atoms with Gasteiger partial charge in [0.05, 0.1) is 0 Å². The molecule has 0 aromatic heterocycles. The summed E-state index contributed by atoms with van der Waals surface area (Å²) in [7, 11) is 0. The van der Waals surface area contributed by atoms with E-state index in [1.165, 1.54) is 64.7 Å². The Labute approximate surface area is 124 Å². The summed E-state index contributed by atoms with van der Waals surface area (Å²) in [5.74, 6) is 0.464. The third kappa shape index (κ3) is 6.73. The minimum absolute atomic E-state index is 0. The summed E-state index contributed by atoms with van der Waals surface area (Å²) in [6.45, 7) is 6.83. The largest absolute Gasteiger partial charge is 0.303 e. The molecular formula is C15H29ClN2O. The fraction of sp³-hybridized carbons (Fsp3) is 0.933. The molecule has 0 spiro atoms. The molecule has 4 heteroatoms. The van der Waals surface area contributed by atoms with E-state index < -0.39 is 0 Å². The Kier molecular flexibility index (Phi) is 8.67. The molecule has 0 radical (unpaired) electrons. The quantitative estimate of drug-likeness (QED) is 0.751. The van der Waals surface area contributed by atoms with Gasteiger partial charge >= 0.3 is 0 Å². The molecule has 2 saturated heterocycles. The number of rotatable bonds is 6. The third-order valence-corrected chi connectivity index (χ3v) is 4.31. The first-order valence-electron chi connectivity index (χ1n) is 7.81. The summed E-state index contributed by atoms with van der Waals surface area (Å²) in [5, 5.41) is 0. The maximum atomic E-state index is 11.9. The highest BCUT2D eigenvalue weighted by atomic mass is 35.5. The van der Waals surface area contributed by atoms with Crippen LogP contribution < -0.4 is 0 Å². The van der Waals surface area contributed by atoms with Crippen LogP contribution in [-0.4, -0.2) is 54.9 Å². The van der Waals surface area contributed by atoms with Crippen LogP contribution in [0.4, 0.5) is 0 Å². The molecule has 3 nitrogen and oxygen atoms in total. The van der Waals surface area contributed by atoms with Crippen LogP contribution in [0.5, 0.6) is 0 Å². The van der Waals surface area contributed by atoms with E-state index in [1.54, 1.807) is 0 Å². The number of Topliss-reactive ketones (excluding diaryl/α,β-unsaturated/α-hetero) is 1. The van der Waals surface area contributed by atoms with Gasteiger partial charge in [-0.2, -0.15) is 0 Å². The van der Waals surface area contributed by atoms with E-state index in [1.807, 2.05) is 0 Å². The molecule has 0 atom stereocenters. The molecule has 2 heterocycles. The van der Waals surface area contributed by atoms with Gasteiger partial charge in [0.1, 0.15) is 5.78 Å². The Balaban J connectivity index is 0.00000180. The summed E-state index contributed by atoms with van der Waals surface area (Å²) in [4.78, 5) is 16.8. The molecule has 2 fully saturated rings. The molecule has 0 amide bonds. The van der Waals surface area contributed by atoms with Crippen molar-refractivity contribution in [2.75, 3.05) is 39.3 Å². The Morgan fingerprint density at radius 3 is 1.42 bits per heavy atom. The Morgan fingerprint density at radius 1 is 0.684 bits per heavy atom. The molecular weight excluding hydrogens is 260 g/mol. The minimum Gasteiger partial charge on any atom is -0.303 e. The van der Waals surface area contributed by atoms with Crippen LogP contribution in [-0.2, 0) is 4.79 Å². The predicted octanol–water partition coefficient (Wildman–Crippen LogP) is 2.73.